The highest BCUT2D eigenvalue weighted by Crippen LogP contribution is 2.47. The van der Waals surface area contributed by atoms with Crippen molar-refractivity contribution in [2.75, 3.05) is 34.6 Å². The van der Waals surface area contributed by atoms with Crippen molar-refractivity contribution < 1.29 is 29.1 Å². The largest absolute Gasteiger partial charge is 0.497 e. The van der Waals surface area contributed by atoms with Crippen LogP contribution in [0, 0.1) is 0 Å². The predicted molar refractivity (Wildman–Crippen MR) is 103 cm³/mol. The Kier molecular flexibility index (Phi) is 5.02. The standard InChI is InChI=1S/C21H24N2O5/c1-23-8-7-14-10-18-20(28-12-27-18)21(26-3)19(14)17(23)11-16(22-24)13-5-4-6-15(9-13)25-2/h4-6,9-11,17,22,24H,7-8,12H2,1-3H3/p+1/b16-11+/t17-/m1/s1. The molecule has 4 rings (SSSR count). The minimum absolute atomic E-state index is 0.0333. The number of methoxy groups -OCH3 is 2. The zero-order valence-electron chi connectivity index (χ0n) is 16.2. The fourth-order valence-corrected chi connectivity index (χ4v) is 3.94. The Labute approximate surface area is 164 Å². The van der Waals surface area contributed by atoms with Crippen LogP contribution in [-0.4, -0.2) is 39.8 Å². The van der Waals surface area contributed by atoms with Gasteiger partial charge < -0.3 is 23.8 Å². The second kappa shape index (κ2) is 7.61. The van der Waals surface area contributed by atoms with Crippen LogP contribution in [0.5, 0.6) is 23.0 Å². The van der Waals surface area contributed by atoms with Crippen molar-refractivity contribution in [2.24, 2.45) is 0 Å². The lowest BCUT2D eigenvalue weighted by atomic mass is 9.90. The van der Waals surface area contributed by atoms with E-state index < -0.39 is 0 Å². The van der Waals surface area contributed by atoms with E-state index in [0.29, 0.717) is 17.2 Å². The van der Waals surface area contributed by atoms with E-state index in [1.165, 1.54) is 10.5 Å². The smallest absolute Gasteiger partial charge is 0.231 e. The maximum absolute atomic E-state index is 9.85. The molecule has 2 aromatic rings. The van der Waals surface area contributed by atoms with Gasteiger partial charge in [0.2, 0.25) is 12.5 Å². The average molecular weight is 385 g/mol. The van der Waals surface area contributed by atoms with E-state index in [1.807, 2.05) is 36.4 Å². The first kappa shape index (κ1) is 18.5. The molecular formula is C21H25N2O5+. The van der Waals surface area contributed by atoms with E-state index >= 15 is 0 Å². The van der Waals surface area contributed by atoms with Gasteiger partial charge in [-0.1, -0.05) is 12.1 Å². The summed E-state index contributed by atoms with van der Waals surface area (Å²) >= 11 is 0. The molecule has 1 unspecified atom stereocenters. The molecule has 28 heavy (non-hydrogen) atoms. The average Bonchev–Trinajstić information content (AvgIpc) is 3.20. The number of likely N-dealkylation sites (N-methyl/N-ethyl adjacent to an activating group) is 1. The number of nitrogens with one attached hydrogen (secondary N) is 2. The Hall–Kier alpha value is -2.90. The molecule has 0 saturated carbocycles. The Bertz CT molecular complexity index is 912. The third-order valence-electron chi connectivity index (χ3n) is 5.41. The zero-order valence-corrected chi connectivity index (χ0v) is 16.2. The zero-order chi connectivity index (χ0) is 19.7. The van der Waals surface area contributed by atoms with E-state index in [4.69, 9.17) is 18.9 Å². The Morgan fingerprint density at radius 2 is 2.11 bits per heavy atom. The Morgan fingerprint density at radius 3 is 2.86 bits per heavy atom. The number of ether oxygens (including phenoxy) is 4. The Morgan fingerprint density at radius 1 is 1.25 bits per heavy atom. The van der Waals surface area contributed by atoms with E-state index in [1.54, 1.807) is 14.2 Å². The van der Waals surface area contributed by atoms with Crippen molar-refractivity contribution in [3.63, 3.8) is 0 Å². The van der Waals surface area contributed by atoms with Crippen LogP contribution in [0.15, 0.2) is 36.4 Å². The molecular weight excluding hydrogens is 360 g/mol. The molecule has 148 valence electrons. The van der Waals surface area contributed by atoms with E-state index in [-0.39, 0.29) is 12.8 Å². The lowest BCUT2D eigenvalue weighted by molar-refractivity contribution is -0.907. The summed E-state index contributed by atoms with van der Waals surface area (Å²) in [7, 11) is 5.40. The van der Waals surface area contributed by atoms with Crippen LogP contribution in [0.2, 0.25) is 0 Å². The highest BCUT2D eigenvalue weighted by molar-refractivity contribution is 5.67. The van der Waals surface area contributed by atoms with Gasteiger partial charge in [0.25, 0.3) is 0 Å². The van der Waals surface area contributed by atoms with Crippen molar-refractivity contribution in [3.8, 4) is 23.0 Å². The second-order valence-corrected chi connectivity index (χ2v) is 6.96. The summed E-state index contributed by atoms with van der Waals surface area (Å²) in [6.07, 6.45) is 2.94. The first-order chi connectivity index (χ1) is 13.7. The van der Waals surface area contributed by atoms with Gasteiger partial charge >= 0.3 is 0 Å². The number of hydroxylamine groups is 1. The molecule has 2 aromatic carbocycles. The van der Waals surface area contributed by atoms with Crippen molar-refractivity contribution >= 4 is 5.70 Å². The molecule has 3 N–H and O–H groups in total. The molecule has 0 amide bonds. The number of rotatable bonds is 5. The highest BCUT2D eigenvalue weighted by Gasteiger charge is 2.35. The SMILES string of the molecule is COc1cccc(/C(=C\[C@@H]2c3c(cc4c(c3OC)OCO4)CC[NH+]2C)NO)c1. The lowest BCUT2D eigenvalue weighted by Gasteiger charge is -2.31. The van der Waals surface area contributed by atoms with Gasteiger partial charge in [0.15, 0.2) is 11.5 Å². The minimum atomic E-state index is -0.0333. The van der Waals surface area contributed by atoms with Crippen LogP contribution in [-0.2, 0) is 6.42 Å². The molecule has 2 heterocycles. The van der Waals surface area contributed by atoms with Crippen LogP contribution in [0.3, 0.4) is 0 Å². The second-order valence-electron chi connectivity index (χ2n) is 6.96. The third kappa shape index (κ3) is 3.12. The molecule has 2 aliphatic rings. The molecule has 0 aromatic heterocycles. The van der Waals surface area contributed by atoms with Gasteiger partial charge in [-0.05, 0) is 23.8 Å². The minimum Gasteiger partial charge on any atom is -0.497 e. The molecule has 0 saturated heterocycles. The van der Waals surface area contributed by atoms with Crippen molar-refractivity contribution in [3.05, 3.63) is 53.1 Å². The molecule has 0 bridgehead atoms. The van der Waals surface area contributed by atoms with Gasteiger partial charge in [0, 0.05) is 18.1 Å². The lowest BCUT2D eigenvalue weighted by Crippen LogP contribution is -3.10. The van der Waals surface area contributed by atoms with E-state index in [9.17, 15) is 5.21 Å². The van der Waals surface area contributed by atoms with Gasteiger partial charge in [-0.25, -0.2) is 0 Å². The summed E-state index contributed by atoms with van der Waals surface area (Å²) in [4.78, 5) is 1.29. The van der Waals surface area contributed by atoms with E-state index in [0.717, 1.165) is 35.6 Å². The quantitative estimate of drug-likeness (QED) is 0.679. The molecule has 7 heteroatoms. The van der Waals surface area contributed by atoms with Crippen LogP contribution < -0.4 is 29.3 Å². The third-order valence-corrected chi connectivity index (χ3v) is 5.41. The maximum atomic E-state index is 9.85. The monoisotopic (exact) mass is 385 g/mol. The molecule has 7 nitrogen and oxygen atoms in total. The first-order valence-corrected chi connectivity index (χ1v) is 9.24. The topological polar surface area (TPSA) is 73.6 Å². The fraction of sp³-hybridized carbons (Fsp3) is 0.333. The summed E-state index contributed by atoms with van der Waals surface area (Å²) < 4.78 is 22.3. The number of benzene rings is 2. The van der Waals surface area contributed by atoms with Crippen LogP contribution >= 0.6 is 0 Å². The number of hydrogen-bond acceptors (Lipinski definition) is 6. The summed E-state index contributed by atoms with van der Waals surface area (Å²) in [5.41, 5.74) is 6.03. The summed E-state index contributed by atoms with van der Waals surface area (Å²) in [5, 5.41) is 9.85. The van der Waals surface area contributed by atoms with Gasteiger partial charge in [-0.2, -0.15) is 0 Å². The van der Waals surface area contributed by atoms with Crippen LogP contribution in [0.1, 0.15) is 22.7 Å². The molecule has 0 fully saturated rings. The number of hydrogen-bond donors (Lipinski definition) is 3. The van der Waals surface area contributed by atoms with Gasteiger partial charge in [-0.15, -0.1) is 0 Å². The van der Waals surface area contributed by atoms with Crippen molar-refractivity contribution in [1.29, 1.82) is 0 Å². The first-order valence-electron chi connectivity index (χ1n) is 9.24. The molecule has 2 aliphatic heterocycles. The van der Waals surface area contributed by atoms with Crippen LogP contribution in [0.4, 0.5) is 0 Å². The number of quaternary nitrogens is 1. The molecule has 0 radical (unpaired) electrons. The molecule has 0 aliphatic carbocycles. The van der Waals surface area contributed by atoms with Gasteiger partial charge in [-0.3, -0.25) is 10.7 Å². The summed E-state index contributed by atoms with van der Waals surface area (Å²) in [6, 6.07) is 9.58. The summed E-state index contributed by atoms with van der Waals surface area (Å²) in [6.45, 7) is 1.15. The summed E-state index contributed by atoms with van der Waals surface area (Å²) in [5.74, 6) is 2.80. The van der Waals surface area contributed by atoms with Crippen LogP contribution in [0.25, 0.3) is 5.70 Å². The van der Waals surface area contributed by atoms with Crippen molar-refractivity contribution in [2.45, 2.75) is 12.5 Å². The van der Waals surface area contributed by atoms with Gasteiger partial charge in [0.05, 0.1) is 39.1 Å². The predicted octanol–water partition coefficient (Wildman–Crippen LogP) is 1.56. The molecule has 2 atom stereocenters. The fourth-order valence-electron chi connectivity index (χ4n) is 3.94. The van der Waals surface area contributed by atoms with Gasteiger partial charge in [0.1, 0.15) is 11.8 Å². The van der Waals surface area contributed by atoms with E-state index in [2.05, 4.69) is 12.5 Å². The molecule has 0 spiro atoms. The highest BCUT2D eigenvalue weighted by atomic mass is 16.7. The number of fused-ring (bicyclic) bond motifs is 2. The maximum Gasteiger partial charge on any atom is 0.231 e. The normalized spacial score (nSPS) is 20.5. The Balaban J connectivity index is 1.83. The van der Waals surface area contributed by atoms with Crippen molar-refractivity contribution in [1.82, 2.24) is 5.48 Å².